The van der Waals surface area contributed by atoms with Crippen molar-refractivity contribution in [1.29, 1.82) is 0 Å². The monoisotopic (exact) mass is 402 g/mol. The third-order valence-corrected chi connectivity index (χ3v) is 5.35. The van der Waals surface area contributed by atoms with Gasteiger partial charge in [0.05, 0.1) is 23.1 Å². The molecule has 1 fully saturated rings. The minimum Gasteiger partial charge on any atom is -0.366 e. The maximum absolute atomic E-state index is 12.7. The number of anilines is 3. The van der Waals surface area contributed by atoms with Gasteiger partial charge in [0, 0.05) is 51.0 Å². The van der Waals surface area contributed by atoms with Crippen molar-refractivity contribution >= 4 is 23.1 Å². The zero-order valence-electron chi connectivity index (χ0n) is 17.3. The number of piperazine rings is 1. The summed E-state index contributed by atoms with van der Waals surface area (Å²) in [6, 6.07) is 9.83. The number of hydrogen-bond acceptors (Lipinski definition) is 6. The fourth-order valence-corrected chi connectivity index (χ4v) is 3.60. The van der Waals surface area contributed by atoms with Crippen LogP contribution in [-0.4, -0.2) is 47.0 Å². The van der Waals surface area contributed by atoms with Crippen LogP contribution in [0.5, 0.6) is 0 Å². The van der Waals surface area contributed by atoms with Crippen molar-refractivity contribution in [3.05, 3.63) is 72.4 Å². The number of carbonyl (C=O) groups is 1. The van der Waals surface area contributed by atoms with E-state index in [4.69, 9.17) is 0 Å². The highest BCUT2D eigenvalue weighted by molar-refractivity contribution is 6.05. The predicted molar refractivity (Wildman–Crippen MR) is 119 cm³/mol. The lowest BCUT2D eigenvalue weighted by molar-refractivity contribution is 0.102. The second kappa shape index (κ2) is 8.90. The number of aromatic nitrogens is 3. The lowest BCUT2D eigenvalue weighted by Gasteiger charge is -2.37. The van der Waals surface area contributed by atoms with E-state index in [-0.39, 0.29) is 5.91 Å². The molecule has 0 unspecified atom stereocenters. The molecule has 1 amide bonds. The average molecular weight is 403 g/mol. The van der Waals surface area contributed by atoms with Crippen LogP contribution in [-0.2, 0) is 0 Å². The molecule has 0 radical (unpaired) electrons. The Bertz CT molecular complexity index is 985. The van der Waals surface area contributed by atoms with E-state index in [0.717, 1.165) is 43.4 Å². The molecule has 7 nitrogen and oxygen atoms in total. The lowest BCUT2D eigenvalue weighted by Crippen LogP contribution is -2.47. The first-order chi connectivity index (χ1) is 14.6. The molecule has 7 heteroatoms. The van der Waals surface area contributed by atoms with Crippen molar-refractivity contribution in [3.8, 4) is 0 Å². The number of benzene rings is 1. The minimum atomic E-state index is -0.153. The van der Waals surface area contributed by atoms with Gasteiger partial charge in [-0.15, -0.1) is 0 Å². The third-order valence-electron chi connectivity index (χ3n) is 5.35. The van der Waals surface area contributed by atoms with E-state index in [9.17, 15) is 4.79 Å². The molecule has 3 aromatic rings. The molecule has 0 saturated carbocycles. The van der Waals surface area contributed by atoms with Crippen LogP contribution in [0, 0.1) is 0 Å². The third kappa shape index (κ3) is 4.40. The Morgan fingerprint density at radius 1 is 0.967 bits per heavy atom. The highest BCUT2D eigenvalue weighted by Crippen LogP contribution is 2.31. The number of carbonyl (C=O) groups excluding carboxylic acids is 1. The molecule has 154 valence electrons. The van der Waals surface area contributed by atoms with Crippen molar-refractivity contribution in [2.75, 3.05) is 41.3 Å². The summed E-state index contributed by atoms with van der Waals surface area (Å²) in [6.45, 7) is 7.74. The summed E-state index contributed by atoms with van der Waals surface area (Å²) >= 11 is 0. The maximum Gasteiger partial charge on any atom is 0.257 e. The van der Waals surface area contributed by atoms with E-state index in [1.165, 1.54) is 5.56 Å². The van der Waals surface area contributed by atoms with Crippen molar-refractivity contribution in [2.45, 2.75) is 19.8 Å². The first kappa shape index (κ1) is 19.8. The Morgan fingerprint density at radius 3 is 2.40 bits per heavy atom. The van der Waals surface area contributed by atoms with Crippen LogP contribution in [0.1, 0.15) is 35.7 Å². The number of nitrogens with zero attached hydrogens (tertiary/aromatic N) is 5. The molecule has 1 saturated heterocycles. The van der Waals surface area contributed by atoms with Gasteiger partial charge in [0.2, 0.25) is 0 Å². The number of nitrogens with one attached hydrogen (secondary N) is 1. The van der Waals surface area contributed by atoms with E-state index >= 15 is 0 Å². The van der Waals surface area contributed by atoms with E-state index in [0.29, 0.717) is 11.5 Å². The first-order valence-electron chi connectivity index (χ1n) is 10.2. The van der Waals surface area contributed by atoms with Gasteiger partial charge in [0.1, 0.15) is 5.82 Å². The van der Waals surface area contributed by atoms with E-state index in [2.05, 4.69) is 56.0 Å². The highest BCUT2D eigenvalue weighted by atomic mass is 16.1. The molecule has 4 rings (SSSR count). The van der Waals surface area contributed by atoms with Gasteiger partial charge < -0.3 is 15.1 Å². The number of rotatable bonds is 5. The standard InChI is InChI=1S/C23H26N6O/c1-17(2)18-5-6-20(27-23(30)19-4-3-7-24-15-19)21(14-18)28-10-12-29(13-11-28)22-16-25-8-9-26-22/h3-9,14-17H,10-13H2,1-2H3,(H,27,30). The van der Waals surface area contributed by atoms with Crippen LogP contribution < -0.4 is 15.1 Å². The Kier molecular flexibility index (Phi) is 5.88. The summed E-state index contributed by atoms with van der Waals surface area (Å²) in [6.07, 6.45) is 8.45. The van der Waals surface area contributed by atoms with Gasteiger partial charge in [0.15, 0.2) is 0 Å². The van der Waals surface area contributed by atoms with Crippen LogP contribution in [0.15, 0.2) is 61.3 Å². The molecule has 1 N–H and O–H groups in total. The molecule has 1 aliphatic rings. The van der Waals surface area contributed by atoms with Crippen molar-refractivity contribution in [3.63, 3.8) is 0 Å². The van der Waals surface area contributed by atoms with Crippen LogP contribution in [0.25, 0.3) is 0 Å². The van der Waals surface area contributed by atoms with Crippen molar-refractivity contribution in [2.24, 2.45) is 0 Å². The number of pyridine rings is 1. The minimum absolute atomic E-state index is 0.153. The Labute approximate surface area is 176 Å². The van der Waals surface area contributed by atoms with Crippen LogP contribution in [0.2, 0.25) is 0 Å². The Morgan fingerprint density at radius 2 is 1.73 bits per heavy atom. The molecule has 0 spiro atoms. The molecule has 1 aromatic carbocycles. The molecule has 0 atom stereocenters. The Hall–Kier alpha value is -3.48. The molecular weight excluding hydrogens is 376 g/mol. The molecule has 1 aliphatic heterocycles. The quantitative estimate of drug-likeness (QED) is 0.703. The van der Waals surface area contributed by atoms with Gasteiger partial charge in [-0.25, -0.2) is 4.98 Å². The number of hydrogen-bond donors (Lipinski definition) is 1. The zero-order valence-corrected chi connectivity index (χ0v) is 17.3. The van der Waals surface area contributed by atoms with Crippen molar-refractivity contribution < 1.29 is 4.79 Å². The lowest BCUT2D eigenvalue weighted by atomic mass is 10.0. The van der Waals surface area contributed by atoms with Gasteiger partial charge in [-0.2, -0.15) is 0 Å². The average Bonchev–Trinajstić information content (AvgIpc) is 2.80. The number of amides is 1. The zero-order chi connectivity index (χ0) is 20.9. The largest absolute Gasteiger partial charge is 0.366 e. The van der Waals surface area contributed by atoms with Gasteiger partial charge in [0.25, 0.3) is 5.91 Å². The van der Waals surface area contributed by atoms with E-state index in [1.807, 2.05) is 6.07 Å². The summed E-state index contributed by atoms with van der Waals surface area (Å²) in [7, 11) is 0. The normalized spacial score (nSPS) is 14.1. The van der Waals surface area contributed by atoms with E-state index < -0.39 is 0 Å². The Balaban J connectivity index is 1.55. The highest BCUT2D eigenvalue weighted by Gasteiger charge is 2.22. The summed E-state index contributed by atoms with van der Waals surface area (Å²) < 4.78 is 0. The summed E-state index contributed by atoms with van der Waals surface area (Å²) in [5.74, 6) is 1.16. The molecule has 3 heterocycles. The van der Waals surface area contributed by atoms with Gasteiger partial charge in [-0.05, 0) is 35.7 Å². The summed E-state index contributed by atoms with van der Waals surface area (Å²) in [5, 5.41) is 3.08. The smallest absolute Gasteiger partial charge is 0.257 e. The molecule has 30 heavy (non-hydrogen) atoms. The fraction of sp³-hybridized carbons (Fsp3) is 0.304. The second-order valence-corrected chi connectivity index (χ2v) is 7.66. The summed E-state index contributed by atoms with van der Waals surface area (Å²) in [5.41, 5.74) is 3.67. The molecule has 0 bridgehead atoms. The molecular formula is C23H26N6O. The van der Waals surface area contributed by atoms with E-state index in [1.54, 1.807) is 43.1 Å². The topological polar surface area (TPSA) is 74.2 Å². The second-order valence-electron chi connectivity index (χ2n) is 7.66. The van der Waals surface area contributed by atoms with Crippen molar-refractivity contribution in [1.82, 2.24) is 15.0 Å². The summed E-state index contributed by atoms with van der Waals surface area (Å²) in [4.78, 5) is 29.9. The van der Waals surface area contributed by atoms with Gasteiger partial charge >= 0.3 is 0 Å². The molecule has 0 aliphatic carbocycles. The predicted octanol–water partition coefficient (Wildman–Crippen LogP) is 3.57. The first-order valence-corrected chi connectivity index (χ1v) is 10.2. The van der Waals surface area contributed by atoms with Crippen LogP contribution in [0.4, 0.5) is 17.2 Å². The van der Waals surface area contributed by atoms with Crippen LogP contribution in [0.3, 0.4) is 0 Å². The molecule has 2 aromatic heterocycles. The fourth-order valence-electron chi connectivity index (χ4n) is 3.60. The van der Waals surface area contributed by atoms with Crippen LogP contribution >= 0.6 is 0 Å². The maximum atomic E-state index is 12.7. The van der Waals surface area contributed by atoms with Gasteiger partial charge in [-0.1, -0.05) is 19.9 Å². The van der Waals surface area contributed by atoms with Gasteiger partial charge in [-0.3, -0.25) is 14.8 Å². The SMILES string of the molecule is CC(C)c1ccc(NC(=O)c2cccnc2)c(N2CCN(c3cnccn3)CC2)c1.